The number of aliphatic hydroxyl groups is 2. The summed E-state index contributed by atoms with van der Waals surface area (Å²) in [6.45, 7) is 6.13. The molecule has 0 aliphatic rings. The molecule has 0 saturated carbocycles. The van der Waals surface area contributed by atoms with Gasteiger partial charge in [-0.2, -0.15) is 0 Å². The molecule has 2 aromatic heterocycles. The van der Waals surface area contributed by atoms with Crippen LogP contribution < -0.4 is 16.4 Å². The van der Waals surface area contributed by atoms with Gasteiger partial charge in [0.15, 0.2) is 11.6 Å². The normalized spacial score (nSPS) is 14.2. The number of aromatic nitrogens is 4. The van der Waals surface area contributed by atoms with Crippen molar-refractivity contribution in [1.29, 1.82) is 0 Å². The number of aryl methyl sites for hydroxylation is 2. The Morgan fingerprint density at radius 1 is 0.677 bits per heavy atom. The molecule has 4 aromatic rings. The Labute approximate surface area is 368 Å². The summed E-state index contributed by atoms with van der Waals surface area (Å²) in [6.07, 6.45) is 0.000957. The number of benzene rings is 2. The number of nitrogens with two attached hydrogens (primary N) is 1. The van der Waals surface area contributed by atoms with E-state index < -0.39 is 88.2 Å². The lowest BCUT2D eigenvalue weighted by Gasteiger charge is -2.40. The van der Waals surface area contributed by atoms with Gasteiger partial charge in [-0.1, -0.05) is 112 Å². The number of carbonyl (C=O) groups is 6. The van der Waals surface area contributed by atoms with Crippen LogP contribution in [-0.2, 0) is 46.4 Å². The molecule has 0 spiro atoms. The van der Waals surface area contributed by atoms with Crippen LogP contribution in [0.1, 0.15) is 60.1 Å². The van der Waals surface area contributed by atoms with Gasteiger partial charge in [-0.15, -0.1) is 0 Å². The van der Waals surface area contributed by atoms with Crippen molar-refractivity contribution in [3.05, 3.63) is 108 Å². The van der Waals surface area contributed by atoms with E-state index in [9.17, 15) is 29.4 Å². The van der Waals surface area contributed by atoms with E-state index >= 15 is 9.59 Å². The van der Waals surface area contributed by atoms with Gasteiger partial charge in [-0.05, 0) is 23.0 Å². The summed E-state index contributed by atoms with van der Waals surface area (Å²) in [7, 11) is 3.21. The summed E-state index contributed by atoms with van der Waals surface area (Å²) < 4.78 is 13.8. The molecule has 18 nitrogen and oxygen atoms in total. The molecule has 4 amide bonds. The minimum Gasteiger partial charge on any atom is -0.445 e. The molecule has 0 fully saturated rings. The summed E-state index contributed by atoms with van der Waals surface area (Å²) in [5, 5.41) is 27.7. The van der Waals surface area contributed by atoms with E-state index in [1.165, 1.54) is 27.7 Å². The fourth-order valence-electron chi connectivity index (χ4n) is 6.04. The number of hydrogen-bond donors (Lipinski definition) is 5. The van der Waals surface area contributed by atoms with Crippen LogP contribution in [0.4, 0.5) is 9.59 Å². The molecule has 0 unspecified atom stereocenters. The zero-order chi connectivity index (χ0) is 45.5. The van der Waals surface area contributed by atoms with Crippen LogP contribution in [0.3, 0.4) is 0 Å². The summed E-state index contributed by atoms with van der Waals surface area (Å²) in [5.41, 5.74) is 7.71. The number of ether oxygens (including phenoxy) is 2. The highest BCUT2D eigenvalue weighted by Crippen LogP contribution is 2.25. The Morgan fingerprint density at radius 2 is 1.08 bits per heavy atom. The van der Waals surface area contributed by atoms with Gasteiger partial charge in [0.05, 0.1) is 12.1 Å². The highest BCUT2D eigenvalue weighted by Gasteiger charge is 2.46. The van der Waals surface area contributed by atoms with Crippen LogP contribution in [0.25, 0.3) is 0 Å². The monoisotopic (exact) mass is 894 g/mol. The summed E-state index contributed by atoms with van der Waals surface area (Å²) in [6, 6.07) is 11.5. The minimum absolute atomic E-state index is 0.0136. The van der Waals surface area contributed by atoms with E-state index in [0.29, 0.717) is 27.8 Å². The number of aliphatic hydroxyl groups excluding tert-OH is 2. The molecule has 4 rings (SSSR count). The largest absolute Gasteiger partial charge is 0.445 e. The van der Waals surface area contributed by atoms with Crippen molar-refractivity contribution in [3.63, 3.8) is 0 Å². The van der Waals surface area contributed by atoms with Crippen LogP contribution >= 0.6 is 23.5 Å². The van der Waals surface area contributed by atoms with Gasteiger partial charge >= 0.3 is 12.2 Å². The van der Waals surface area contributed by atoms with Crippen molar-refractivity contribution in [1.82, 2.24) is 34.6 Å². The van der Waals surface area contributed by atoms with E-state index in [-0.39, 0.29) is 30.6 Å². The third-order valence-electron chi connectivity index (χ3n) is 9.63. The average molecular weight is 895 g/mol. The molecule has 0 saturated heterocycles. The minimum atomic E-state index is -2.06. The van der Waals surface area contributed by atoms with Gasteiger partial charge in [-0.3, -0.25) is 24.1 Å². The van der Waals surface area contributed by atoms with Crippen molar-refractivity contribution >= 4 is 57.8 Å². The third-order valence-corrected chi connectivity index (χ3v) is 11.6. The second-order valence-electron chi connectivity index (χ2n) is 15.0. The lowest BCUT2D eigenvalue weighted by atomic mass is 9.95. The summed E-state index contributed by atoms with van der Waals surface area (Å²) >= 11 is 1.33. The molecule has 0 bridgehead atoms. The highest BCUT2D eigenvalue weighted by atomic mass is 32.2. The Kier molecular flexibility index (Phi) is 18.7. The number of thioether (sulfide) groups is 2. The van der Waals surface area contributed by atoms with E-state index in [0.717, 1.165) is 11.8 Å². The van der Waals surface area contributed by atoms with Crippen molar-refractivity contribution in [2.75, 3.05) is 11.5 Å². The molecule has 0 aliphatic heterocycles. The molecule has 2 heterocycles. The number of carbonyl (C=O) groups excluding carboxylic acids is 6. The van der Waals surface area contributed by atoms with Gasteiger partial charge in [0.2, 0.25) is 0 Å². The number of hydrogen-bond acceptors (Lipinski definition) is 15. The number of rotatable bonds is 20. The predicted molar refractivity (Wildman–Crippen MR) is 232 cm³/mol. The predicted octanol–water partition coefficient (Wildman–Crippen LogP) is 3.28. The topological polar surface area (TPSA) is 250 Å². The quantitative estimate of drug-likeness (QED) is 0.0854. The molecule has 6 N–H and O–H groups in total. The van der Waals surface area contributed by atoms with Crippen LogP contribution in [-0.4, -0.2) is 116 Å². The second-order valence-corrected chi connectivity index (χ2v) is 17.0. The SMILES string of the molecule is CC(C)[C@H](NC(=O)OCc1ccccc1)C(=O)N(C(=O)[C@@H](NC(=O)OCc1ccccc1)C(C)C)[C@@H](CSC(=O)c1nccn1C)[C@@H](O)[C@H](O)[C@@H](N)CSC(=O)c1nccn1C. The Hall–Kier alpha value is -5.54. The van der Waals surface area contributed by atoms with Gasteiger partial charge < -0.3 is 45.2 Å². The molecule has 334 valence electrons. The molecule has 20 heteroatoms. The maximum atomic E-state index is 15.0. The smallest absolute Gasteiger partial charge is 0.408 e. The van der Waals surface area contributed by atoms with Gasteiger partial charge in [-0.25, -0.2) is 19.6 Å². The van der Waals surface area contributed by atoms with E-state index in [4.69, 9.17) is 15.2 Å². The Bertz CT molecular complexity index is 2040. The van der Waals surface area contributed by atoms with Crippen molar-refractivity contribution in [2.24, 2.45) is 31.7 Å². The molecular weight excluding hydrogens is 841 g/mol. The number of imidazole rings is 2. The number of nitrogens with zero attached hydrogens (tertiary/aromatic N) is 5. The van der Waals surface area contributed by atoms with Crippen LogP contribution in [0.2, 0.25) is 0 Å². The summed E-state index contributed by atoms with van der Waals surface area (Å²) in [4.78, 5) is 91.7. The first-order valence-electron chi connectivity index (χ1n) is 19.7. The van der Waals surface area contributed by atoms with Gasteiger partial charge in [0.1, 0.15) is 31.4 Å². The zero-order valence-electron chi connectivity index (χ0n) is 35.3. The fraction of sp³-hybridized carbons (Fsp3) is 0.429. The second kappa shape index (κ2) is 23.6. The van der Waals surface area contributed by atoms with Crippen LogP contribution in [0.5, 0.6) is 0 Å². The first-order valence-corrected chi connectivity index (χ1v) is 21.7. The third kappa shape index (κ3) is 13.7. The van der Waals surface area contributed by atoms with Crippen LogP contribution in [0.15, 0.2) is 85.5 Å². The molecule has 2 aromatic carbocycles. The van der Waals surface area contributed by atoms with Crippen LogP contribution in [0, 0.1) is 11.8 Å². The van der Waals surface area contributed by atoms with E-state index in [2.05, 4.69) is 20.6 Å². The highest BCUT2D eigenvalue weighted by molar-refractivity contribution is 8.14. The van der Waals surface area contributed by atoms with Crippen molar-refractivity contribution in [2.45, 2.75) is 77.3 Å². The van der Waals surface area contributed by atoms with E-state index in [1.807, 2.05) is 0 Å². The number of alkyl carbamates (subject to hydrolysis) is 2. The first-order chi connectivity index (χ1) is 29.5. The molecule has 6 atom stereocenters. The Morgan fingerprint density at radius 3 is 1.45 bits per heavy atom. The average Bonchev–Trinajstić information content (AvgIpc) is 3.90. The number of nitrogens with one attached hydrogen (secondary N) is 2. The molecular formula is C42H54N8O10S2. The van der Waals surface area contributed by atoms with Crippen molar-refractivity contribution in [3.8, 4) is 0 Å². The summed E-state index contributed by atoms with van der Waals surface area (Å²) in [5.74, 6) is -4.13. The van der Waals surface area contributed by atoms with Crippen molar-refractivity contribution < 1.29 is 48.5 Å². The fourth-order valence-corrected chi connectivity index (χ4v) is 7.90. The maximum absolute atomic E-state index is 15.0. The maximum Gasteiger partial charge on any atom is 0.408 e. The number of imide groups is 1. The lowest BCUT2D eigenvalue weighted by molar-refractivity contribution is -0.156. The van der Waals surface area contributed by atoms with E-state index in [1.54, 1.807) is 109 Å². The molecule has 0 aliphatic carbocycles. The zero-order valence-corrected chi connectivity index (χ0v) is 37.0. The number of amides is 4. The Balaban J connectivity index is 1.72. The molecule has 0 radical (unpaired) electrons. The van der Waals surface area contributed by atoms with Gasteiger partial charge in [0, 0.05) is 56.4 Å². The standard InChI is InChI=1S/C42H54N8O10S2/c1-25(2)31(46-41(57)59-21-27-13-9-7-10-14-27)37(53)50(38(54)32(26(3)4)47-42(58)60-22-28-15-11-8-12-16-28)30(24-62-40(56)36-45-18-20-49(36)6)34(52)33(51)29(43)23-61-39(55)35-44-17-19-48(35)5/h7-20,25-26,29-34,51-52H,21-24,43H2,1-6H3,(H,46,57)(H,47,58)/t29-,30-,31-,32-,33+,34+/m0/s1. The van der Waals surface area contributed by atoms with Gasteiger partial charge in [0.25, 0.3) is 22.0 Å². The lowest BCUT2D eigenvalue weighted by Crippen LogP contribution is -2.65. The first kappa shape index (κ1) is 49.1. The molecule has 62 heavy (non-hydrogen) atoms.